The molecule has 0 saturated carbocycles. The molecule has 0 bridgehead atoms. The maximum atomic E-state index is 13.8. The molecule has 5 nitrogen and oxygen atoms in total. The second kappa shape index (κ2) is 8.87. The fraction of sp³-hybridized carbons (Fsp3) is 0.120. The Morgan fingerprint density at radius 3 is 2.18 bits per heavy atom. The summed E-state index contributed by atoms with van der Waals surface area (Å²) in [5.41, 5.74) is 0.260. The van der Waals surface area contributed by atoms with Crippen LogP contribution in [0, 0.1) is 13.8 Å². The van der Waals surface area contributed by atoms with Crippen molar-refractivity contribution in [2.75, 3.05) is 0 Å². The Labute approximate surface area is 196 Å². The fourth-order valence-electron chi connectivity index (χ4n) is 3.36. The predicted octanol–water partition coefficient (Wildman–Crippen LogP) is 7.09. The highest BCUT2D eigenvalue weighted by atomic mass is 35.5. The Bertz CT molecular complexity index is 1440. The average Bonchev–Trinajstić information content (AvgIpc) is 2.74. The number of hydrogen-bond donors (Lipinski definition) is 0. The van der Waals surface area contributed by atoms with Gasteiger partial charge < -0.3 is 13.9 Å². The van der Waals surface area contributed by atoms with Gasteiger partial charge in [-0.05, 0) is 73.5 Å². The minimum absolute atomic E-state index is 0.0724. The van der Waals surface area contributed by atoms with Gasteiger partial charge in [0.25, 0.3) is 5.76 Å². The summed E-state index contributed by atoms with van der Waals surface area (Å²) < 4.78 is 57.0. The van der Waals surface area contributed by atoms with Crippen LogP contribution in [0.25, 0.3) is 11.0 Å². The Balaban J connectivity index is 1.76. The summed E-state index contributed by atoms with van der Waals surface area (Å²) in [6.07, 6.45) is -5.02. The number of rotatable bonds is 4. The minimum Gasteiger partial charge on any atom is -0.449 e. The molecule has 0 spiro atoms. The normalized spacial score (nSPS) is 11.5. The summed E-state index contributed by atoms with van der Waals surface area (Å²) in [5.74, 6) is -3.36. The molecule has 174 valence electrons. The van der Waals surface area contributed by atoms with Gasteiger partial charge in [-0.25, -0.2) is 4.79 Å². The van der Waals surface area contributed by atoms with Gasteiger partial charge in [0.2, 0.25) is 11.2 Å². The lowest BCUT2D eigenvalue weighted by molar-refractivity contribution is -0.154. The molecule has 0 radical (unpaired) electrons. The predicted molar refractivity (Wildman–Crippen MR) is 120 cm³/mol. The highest BCUT2D eigenvalue weighted by molar-refractivity contribution is 6.30. The SMILES string of the molecule is Cc1cc(C)cc(Oc2c(C(F)(F)F)oc3cc(OC(=O)c4ccc(Cl)cc4)ccc3c2=O)c1. The van der Waals surface area contributed by atoms with Crippen LogP contribution in [0.3, 0.4) is 0 Å². The third kappa shape index (κ3) is 4.92. The first-order valence-corrected chi connectivity index (χ1v) is 10.3. The van der Waals surface area contributed by atoms with Crippen molar-refractivity contribution in [1.82, 2.24) is 0 Å². The van der Waals surface area contributed by atoms with Crippen molar-refractivity contribution in [3.05, 3.63) is 98.4 Å². The maximum Gasteiger partial charge on any atom is 0.453 e. The zero-order valence-corrected chi connectivity index (χ0v) is 18.6. The average molecular weight is 489 g/mol. The molecule has 9 heteroatoms. The molecule has 4 rings (SSSR count). The van der Waals surface area contributed by atoms with Crippen molar-refractivity contribution >= 4 is 28.5 Å². The van der Waals surface area contributed by atoms with Crippen molar-refractivity contribution in [2.24, 2.45) is 0 Å². The van der Waals surface area contributed by atoms with Gasteiger partial charge in [0, 0.05) is 11.1 Å². The zero-order valence-electron chi connectivity index (χ0n) is 17.8. The number of aryl methyl sites for hydroxylation is 2. The van der Waals surface area contributed by atoms with Gasteiger partial charge in [0.15, 0.2) is 0 Å². The van der Waals surface area contributed by atoms with Crippen LogP contribution in [0.4, 0.5) is 13.2 Å². The molecule has 0 amide bonds. The van der Waals surface area contributed by atoms with Crippen molar-refractivity contribution < 1.29 is 31.9 Å². The molecule has 0 N–H and O–H groups in total. The van der Waals surface area contributed by atoms with Gasteiger partial charge in [0.1, 0.15) is 17.1 Å². The van der Waals surface area contributed by atoms with E-state index in [4.69, 9.17) is 25.5 Å². The number of ether oxygens (including phenoxy) is 2. The number of hydrogen-bond acceptors (Lipinski definition) is 5. The molecule has 0 fully saturated rings. The summed E-state index contributed by atoms with van der Waals surface area (Å²) in [7, 11) is 0. The summed E-state index contributed by atoms with van der Waals surface area (Å²) in [4.78, 5) is 25.3. The molecule has 4 aromatic rings. The second-order valence-electron chi connectivity index (χ2n) is 7.57. The lowest BCUT2D eigenvalue weighted by Gasteiger charge is -2.14. The summed E-state index contributed by atoms with van der Waals surface area (Å²) in [5, 5.41) is 0.251. The molecule has 1 heterocycles. The molecule has 34 heavy (non-hydrogen) atoms. The molecule has 1 aromatic heterocycles. The Hall–Kier alpha value is -3.78. The van der Waals surface area contributed by atoms with E-state index in [1.165, 1.54) is 48.5 Å². The number of carbonyl (C=O) groups is 1. The smallest absolute Gasteiger partial charge is 0.449 e. The standard InChI is InChI=1S/C25H16ClF3O5/c1-13-9-14(2)11-18(10-13)32-22-21(30)19-8-7-17(12-20(19)34-23(22)25(27,28)29)33-24(31)15-3-5-16(26)6-4-15/h3-12H,1-2H3. The third-order valence-electron chi connectivity index (χ3n) is 4.79. The number of benzene rings is 3. The van der Waals surface area contributed by atoms with Crippen LogP contribution < -0.4 is 14.9 Å². The molecule has 3 aromatic carbocycles. The van der Waals surface area contributed by atoms with Gasteiger partial charge in [-0.1, -0.05) is 17.7 Å². The first kappa shape index (κ1) is 23.4. The molecule has 0 atom stereocenters. The third-order valence-corrected chi connectivity index (χ3v) is 5.04. The molecule has 0 unspecified atom stereocenters. The summed E-state index contributed by atoms with van der Waals surface area (Å²) in [6, 6.07) is 14.2. The molecule has 0 aliphatic heterocycles. The fourth-order valence-corrected chi connectivity index (χ4v) is 3.49. The number of alkyl halides is 3. The van der Waals surface area contributed by atoms with Crippen molar-refractivity contribution in [2.45, 2.75) is 20.0 Å². The van der Waals surface area contributed by atoms with Gasteiger partial charge in [-0.2, -0.15) is 13.2 Å². The van der Waals surface area contributed by atoms with Crippen molar-refractivity contribution in [3.63, 3.8) is 0 Å². The van der Waals surface area contributed by atoms with E-state index in [0.29, 0.717) is 5.02 Å². The Morgan fingerprint density at radius 1 is 0.912 bits per heavy atom. The number of esters is 1. The van der Waals surface area contributed by atoms with Gasteiger partial charge in [0.05, 0.1) is 10.9 Å². The van der Waals surface area contributed by atoms with Crippen molar-refractivity contribution in [1.29, 1.82) is 0 Å². The monoisotopic (exact) mass is 488 g/mol. The van der Waals surface area contributed by atoms with Crippen molar-refractivity contribution in [3.8, 4) is 17.2 Å². The maximum absolute atomic E-state index is 13.8. The molecular weight excluding hydrogens is 473 g/mol. The van der Waals surface area contributed by atoms with E-state index in [0.717, 1.165) is 17.2 Å². The van der Waals surface area contributed by atoms with E-state index in [1.807, 2.05) is 6.07 Å². The minimum atomic E-state index is -5.02. The highest BCUT2D eigenvalue weighted by Crippen LogP contribution is 2.39. The zero-order chi connectivity index (χ0) is 24.6. The van der Waals surface area contributed by atoms with Crippen LogP contribution in [0.2, 0.25) is 5.02 Å². The van der Waals surface area contributed by atoms with Crippen LogP contribution in [0.15, 0.2) is 69.9 Å². The van der Waals surface area contributed by atoms with Gasteiger partial charge in [-0.15, -0.1) is 0 Å². The van der Waals surface area contributed by atoms with E-state index in [-0.39, 0.29) is 22.4 Å². The molecule has 0 saturated heterocycles. The molecule has 0 aliphatic rings. The number of halogens is 4. The van der Waals surface area contributed by atoms with E-state index in [2.05, 4.69) is 0 Å². The first-order valence-electron chi connectivity index (χ1n) is 9.93. The van der Waals surface area contributed by atoms with E-state index < -0.39 is 34.7 Å². The van der Waals surface area contributed by atoms with Crippen LogP contribution in [0.1, 0.15) is 27.2 Å². The summed E-state index contributed by atoms with van der Waals surface area (Å²) >= 11 is 5.79. The number of fused-ring (bicyclic) bond motifs is 1. The summed E-state index contributed by atoms with van der Waals surface area (Å²) in [6.45, 7) is 3.50. The highest BCUT2D eigenvalue weighted by Gasteiger charge is 2.40. The van der Waals surface area contributed by atoms with E-state index in [1.54, 1.807) is 13.8 Å². The largest absolute Gasteiger partial charge is 0.453 e. The Kier molecular flexibility index (Phi) is 6.10. The first-order chi connectivity index (χ1) is 16.0. The van der Waals surface area contributed by atoms with E-state index >= 15 is 0 Å². The lowest BCUT2D eigenvalue weighted by Crippen LogP contribution is -2.15. The Morgan fingerprint density at radius 2 is 1.56 bits per heavy atom. The van der Waals surface area contributed by atoms with Crippen LogP contribution in [0.5, 0.6) is 17.2 Å². The van der Waals surface area contributed by atoms with Crippen LogP contribution >= 0.6 is 11.6 Å². The van der Waals surface area contributed by atoms with E-state index in [9.17, 15) is 22.8 Å². The van der Waals surface area contributed by atoms with Crippen LogP contribution in [-0.2, 0) is 6.18 Å². The lowest BCUT2D eigenvalue weighted by atomic mass is 10.1. The van der Waals surface area contributed by atoms with Gasteiger partial charge >= 0.3 is 12.1 Å². The second-order valence-corrected chi connectivity index (χ2v) is 8.00. The number of carbonyl (C=O) groups excluding carboxylic acids is 1. The molecule has 0 aliphatic carbocycles. The van der Waals surface area contributed by atoms with Crippen LogP contribution in [-0.4, -0.2) is 5.97 Å². The quantitative estimate of drug-likeness (QED) is 0.226. The molecular formula is C25H16ClF3O5. The topological polar surface area (TPSA) is 65.7 Å². The van der Waals surface area contributed by atoms with Gasteiger partial charge in [-0.3, -0.25) is 4.79 Å².